The van der Waals surface area contributed by atoms with Crippen LogP contribution in [0, 0.1) is 0 Å². The molecule has 1 fully saturated rings. The highest BCUT2D eigenvalue weighted by molar-refractivity contribution is 8.01. The highest BCUT2D eigenvalue weighted by Crippen LogP contribution is 2.51. The Bertz CT molecular complexity index is 671. The lowest BCUT2D eigenvalue weighted by Crippen LogP contribution is -2.43. The molecule has 2 N–H and O–H groups in total. The molecule has 1 atom stereocenters. The fourth-order valence-corrected chi connectivity index (χ4v) is 4.42. The van der Waals surface area contributed by atoms with E-state index in [1.54, 1.807) is 0 Å². The Morgan fingerprint density at radius 2 is 2.00 bits per heavy atom. The van der Waals surface area contributed by atoms with Crippen molar-refractivity contribution in [3.8, 4) is 0 Å². The summed E-state index contributed by atoms with van der Waals surface area (Å²) in [5.74, 6) is 0.956. The van der Waals surface area contributed by atoms with Crippen LogP contribution >= 0.6 is 11.8 Å². The third kappa shape index (κ3) is 7.69. The molecule has 0 bridgehead atoms. The smallest absolute Gasteiger partial charge is 0.191 e. The first kappa shape index (κ1) is 20.1. The summed E-state index contributed by atoms with van der Waals surface area (Å²) in [5, 5.41) is 6.57. The van der Waals surface area contributed by atoms with Gasteiger partial charge in [-0.15, -0.1) is 11.8 Å². The maximum atomic E-state index is 11.3. The van der Waals surface area contributed by atoms with Crippen LogP contribution in [0.4, 0.5) is 0 Å². The SMILES string of the molecule is CCNC(=NCC1(Sc2ccccc2)CC1)NC(C)CCS(C)(=O)=O. The molecule has 5 nitrogen and oxygen atoms in total. The van der Waals surface area contributed by atoms with E-state index in [2.05, 4.69) is 34.9 Å². The molecule has 0 radical (unpaired) electrons. The number of hydrogen-bond donors (Lipinski definition) is 2. The van der Waals surface area contributed by atoms with Crippen LogP contribution in [0.15, 0.2) is 40.2 Å². The minimum absolute atomic E-state index is 0.0597. The molecule has 140 valence electrons. The molecule has 0 aliphatic heterocycles. The molecule has 0 aromatic heterocycles. The minimum atomic E-state index is -2.93. The highest BCUT2D eigenvalue weighted by Gasteiger charge is 2.43. The second-order valence-corrected chi connectivity index (χ2v) is 10.6. The van der Waals surface area contributed by atoms with Gasteiger partial charge >= 0.3 is 0 Å². The Kier molecular flexibility index (Phi) is 7.19. The number of guanidine groups is 1. The fourth-order valence-electron chi connectivity index (χ4n) is 2.41. The summed E-state index contributed by atoms with van der Waals surface area (Å²) in [7, 11) is -2.93. The molecule has 0 saturated heterocycles. The van der Waals surface area contributed by atoms with Gasteiger partial charge in [0.1, 0.15) is 9.84 Å². The van der Waals surface area contributed by atoms with Gasteiger partial charge in [-0.2, -0.15) is 0 Å². The monoisotopic (exact) mass is 383 g/mol. The summed E-state index contributed by atoms with van der Waals surface area (Å²) in [6.45, 7) is 5.57. The molecule has 1 unspecified atom stereocenters. The Labute approximate surface area is 156 Å². The van der Waals surface area contributed by atoms with Crippen LogP contribution in [-0.2, 0) is 9.84 Å². The molecular weight excluding hydrogens is 354 g/mol. The lowest BCUT2D eigenvalue weighted by molar-refractivity contribution is 0.581. The summed E-state index contributed by atoms with van der Waals surface area (Å²) in [4.78, 5) is 6.04. The Balaban J connectivity index is 1.90. The van der Waals surface area contributed by atoms with E-state index in [9.17, 15) is 8.42 Å². The number of thioether (sulfide) groups is 1. The normalized spacial score (nSPS) is 17.8. The van der Waals surface area contributed by atoms with E-state index in [1.807, 2.05) is 31.7 Å². The maximum Gasteiger partial charge on any atom is 0.191 e. The van der Waals surface area contributed by atoms with Crippen LogP contribution in [0.2, 0.25) is 0 Å². The topological polar surface area (TPSA) is 70.6 Å². The zero-order valence-electron chi connectivity index (χ0n) is 15.3. The van der Waals surface area contributed by atoms with E-state index in [1.165, 1.54) is 24.0 Å². The second kappa shape index (κ2) is 8.94. The van der Waals surface area contributed by atoms with Gasteiger partial charge in [0.25, 0.3) is 0 Å². The number of rotatable bonds is 9. The quantitative estimate of drug-likeness (QED) is 0.507. The molecule has 0 heterocycles. The molecule has 2 rings (SSSR count). The Morgan fingerprint density at radius 1 is 1.32 bits per heavy atom. The van der Waals surface area contributed by atoms with Crippen molar-refractivity contribution in [2.24, 2.45) is 4.99 Å². The third-order valence-electron chi connectivity index (χ3n) is 4.06. The average molecular weight is 384 g/mol. The van der Waals surface area contributed by atoms with Crippen LogP contribution in [0.5, 0.6) is 0 Å². The molecule has 7 heteroatoms. The van der Waals surface area contributed by atoms with Crippen LogP contribution in [0.1, 0.15) is 33.1 Å². The first-order valence-corrected chi connectivity index (χ1v) is 11.7. The summed E-state index contributed by atoms with van der Waals surface area (Å²) >= 11 is 1.91. The number of hydrogen-bond acceptors (Lipinski definition) is 4. The van der Waals surface area contributed by atoms with Gasteiger partial charge in [0, 0.05) is 28.5 Å². The van der Waals surface area contributed by atoms with E-state index >= 15 is 0 Å². The molecule has 1 saturated carbocycles. The van der Waals surface area contributed by atoms with E-state index in [4.69, 9.17) is 4.99 Å². The first-order valence-electron chi connectivity index (χ1n) is 8.78. The van der Waals surface area contributed by atoms with Crippen LogP contribution in [0.25, 0.3) is 0 Å². The van der Waals surface area contributed by atoms with Gasteiger partial charge in [-0.05, 0) is 45.2 Å². The van der Waals surface area contributed by atoms with Gasteiger partial charge in [-0.25, -0.2) is 8.42 Å². The lowest BCUT2D eigenvalue weighted by atomic mass is 10.3. The summed E-state index contributed by atoms with van der Waals surface area (Å²) in [6.07, 6.45) is 4.21. The van der Waals surface area contributed by atoms with Crippen molar-refractivity contribution in [2.45, 2.75) is 48.8 Å². The van der Waals surface area contributed by atoms with Crippen LogP contribution in [-0.4, -0.2) is 50.3 Å². The molecule has 0 amide bonds. The molecule has 1 aromatic carbocycles. The Morgan fingerprint density at radius 3 is 2.56 bits per heavy atom. The second-order valence-electron chi connectivity index (χ2n) is 6.76. The van der Waals surface area contributed by atoms with Crippen molar-refractivity contribution in [3.63, 3.8) is 0 Å². The predicted octanol–water partition coefficient (Wildman–Crippen LogP) is 2.69. The fraction of sp³-hybridized carbons (Fsp3) is 0.611. The number of aliphatic imine (C=N–C) groups is 1. The number of sulfone groups is 1. The third-order valence-corrected chi connectivity index (χ3v) is 6.52. The summed E-state index contributed by atoms with van der Waals surface area (Å²) in [6, 6.07) is 10.5. The van der Waals surface area contributed by atoms with E-state index in [0.29, 0.717) is 6.42 Å². The zero-order valence-corrected chi connectivity index (χ0v) is 16.9. The average Bonchev–Trinajstić information content (AvgIpc) is 3.31. The first-order chi connectivity index (χ1) is 11.8. The summed E-state index contributed by atoms with van der Waals surface area (Å²) < 4.78 is 22.8. The number of nitrogens with zero attached hydrogens (tertiary/aromatic N) is 1. The van der Waals surface area contributed by atoms with Crippen molar-refractivity contribution in [1.29, 1.82) is 0 Å². The van der Waals surface area contributed by atoms with Crippen molar-refractivity contribution in [3.05, 3.63) is 30.3 Å². The van der Waals surface area contributed by atoms with Gasteiger partial charge in [0.2, 0.25) is 0 Å². The number of nitrogens with one attached hydrogen (secondary N) is 2. The van der Waals surface area contributed by atoms with E-state index in [0.717, 1.165) is 19.0 Å². The minimum Gasteiger partial charge on any atom is -0.357 e. The molecule has 1 aliphatic carbocycles. The highest BCUT2D eigenvalue weighted by atomic mass is 32.2. The van der Waals surface area contributed by atoms with Crippen molar-refractivity contribution in [2.75, 3.05) is 25.1 Å². The van der Waals surface area contributed by atoms with Crippen molar-refractivity contribution in [1.82, 2.24) is 10.6 Å². The standard InChI is InChI=1S/C18H29N3O2S2/c1-4-19-17(21-15(2)10-13-25(3,22)23)20-14-18(11-12-18)24-16-8-6-5-7-9-16/h5-9,15H,4,10-14H2,1-3H3,(H2,19,20,21). The van der Waals surface area contributed by atoms with Gasteiger partial charge < -0.3 is 10.6 Å². The van der Waals surface area contributed by atoms with Crippen molar-refractivity contribution >= 4 is 27.6 Å². The number of benzene rings is 1. The zero-order chi connectivity index (χ0) is 18.3. The molecule has 1 aliphatic rings. The molecule has 0 spiro atoms. The van der Waals surface area contributed by atoms with Gasteiger partial charge in [0.05, 0.1) is 12.3 Å². The van der Waals surface area contributed by atoms with Gasteiger partial charge in [0.15, 0.2) is 5.96 Å². The molecular formula is C18H29N3O2S2. The van der Waals surface area contributed by atoms with E-state index < -0.39 is 9.84 Å². The van der Waals surface area contributed by atoms with Crippen LogP contribution in [0.3, 0.4) is 0 Å². The largest absolute Gasteiger partial charge is 0.357 e. The van der Waals surface area contributed by atoms with E-state index in [-0.39, 0.29) is 16.5 Å². The summed E-state index contributed by atoms with van der Waals surface area (Å²) in [5.41, 5.74) is 0. The molecule has 25 heavy (non-hydrogen) atoms. The lowest BCUT2D eigenvalue weighted by Gasteiger charge is -2.19. The van der Waals surface area contributed by atoms with Gasteiger partial charge in [-0.3, -0.25) is 4.99 Å². The Hall–Kier alpha value is -1.21. The van der Waals surface area contributed by atoms with Gasteiger partial charge in [-0.1, -0.05) is 18.2 Å². The van der Waals surface area contributed by atoms with Crippen molar-refractivity contribution < 1.29 is 8.42 Å². The maximum absolute atomic E-state index is 11.3. The molecule has 1 aromatic rings. The van der Waals surface area contributed by atoms with Crippen LogP contribution < -0.4 is 10.6 Å². The predicted molar refractivity (Wildman–Crippen MR) is 107 cm³/mol.